The van der Waals surface area contributed by atoms with Crippen LogP contribution in [0.25, 0.3) is 0 Å². The molecule has 0 aliphatic heterocycles. The molecule has 128 valence electrons. The van der Waals surface area contributed by atoms with Crippen molar-refractivity contribution in [3.8, 4) is 0 Å². The first kappa shape index (κ1) is 16.6. The molecule has 2 saturated carbocycles. The number of nitrogen functional groups attached to an aromatic ring is 1. The predicted octanol–water partition coefficient (Wildman–Crippen LogP) is 2.53. The summed E-state index contributed by atoms with van der Waals surface area (Å²) in [5.41, 5.74) is 0. The van der Waals surface area contributed by atoms with Gasteiger partial charge in [-0.25, -0.2) is 4.68 Å². The smallest absolute Gasteiger partial charge is 0.236 e. The Hall–Kier alpha value is -1.24. The minimum atomic E-state index is -0.185. The molecular formula is C16H27N5OS. The van der Waals surface area contributed by atoms with Crippen LogP contribution in [0.15, 0.2) is 5.16 Å². The number of nitrogens with two attached hydrogens (primary N) is 1. The highest BCUT2D eigenvalue weighted by molar-refractivity contribution is 8.00. The zero-order valence-corrected chi connectivity index (χ0v) is 14.9. The molecule has 3 rings (SSSR count). The Bertz CT molecular complexity index is 551. The first-order valence-electron chi connectivity index (χ1n) is 8.79. The molecule has 1 heterocycles. The summed E-state index contributed by atoms with van der Waals surface area (Å²) in [6.07, 6.45) is 8.31. The van der Waals surface area contributed by atoms with Crippen LogP contribution in [-0.4, -0.2) is 43.5 Å². The van der Waals surface area contributed by atoms with Crippen molar-refractivity contribution in [2.24, 2.45) is 0 Å². The standard InChI is InChI=1S/C16H27N5OS/c1-3-20(13-7-5-4-6-8-13)15(22)11(2)23-16-19-18-14(21(16)17)12-9-10-12/h11-13H,3-10,17H2,1-2H3/t11-/m1/s1. The molecular weight excluding hydrogens is 310 g/mol. The number of thioether (sulfide) groups is 1. The average Bonchev–Trinajstić information content (AvgIpc) is 3.34. The molecule has 2 aliphatic rings. The van der Waals surface area contributed by atoms with Gasteiger partial charge in [0.25, 0.3) is 0 Å². The maximum Gasteiger partial charge on any atom is 0.236 e. The van der Waals surface area contributed by atoms with E-state index in [1.54, 1.807) is 4.68 Å². The molecule has 0 aromatic carbocycles. The lowest BCUT2D eigenvalue weighted by Crippen LogP contribution is -2.44. The third kappa shape index (κ3) is 3.65. The molecule has 0 saturated heterocycles. The largest absolute Gasteiger partial charge is 0.339 e. The van der Waals surface area contributed by atoms with Crippen molar-refractivity contribution in [3.63, 3.8) is 0 Å². The van der Waals surface area contributed by atoms with Crippen molar-refractivity contribution < 1.29 is 4.79 Å². The second-order valence-corrected chi connectivity index (χ2v) is 7.97. The van der Waals surface area contributed by atoms with Crippen LogP contribution in [0, 0.1) is 0 Å². The van der Waals surface area contributed by atoms with Gasteiger partial charge >= 0.3 is 0 Å². The Balaban J connectivity index is 1.63. The van der Waals surface area contributed by atoms with E-state index < -0.39 is 0 Å². The quantitative estimate of drug-likeness (QED) is 0.637. The summed E-state index contributed by atoms with van der Waals surface area (Å²) < 4.78 is 1.57. The highest BCUT2D eigenvalue weighted by Crippen LogP contribution is 2.39. The van der Waals surface area contributed by atoms with Crippen LogP contribution in [0.3, 0.4) is 0 Å². The zero-order valence-electron chi connectivity index (χ0n) is 14.1. The van der Waals surface area contributed by atoms with Crippen LogP contribution >= 0.6 is 11.8 Å². The molecule has 7 heteroatoms. The Morgan fingerprint density at radius 2 is 2.00 bits per heavy atom. The lowest BCUT2D eigenvalue weighted by atomic mass is 9.94. The minimum absolute atomic E-state index is 0.185. The van der Waals surface area contributed by atoms with Crippen molar-refractivity contribution >= 4 is 17.7 Å². The number of aromatic nitrogens is 3. The van der Waals surface area contributed by atoms with Crippen LogP contribution < -0.4 is 5.84 Å². The fourth-order valence-corrected chi connectivity index (χ4v) is 4.26. The van der Waals surface area contributed by atoms with Gasteiger partial charge in [-0.3, -0.25) is 4.79 Å². The molecule has 0 spiro atoms. The van der Waals surface area contributed by atoms with Gasteiger partial charge in [0.2, 0.25) is 11.1 Å². The lowest BCUT2D eigenvalue weighted by molar-refractivity contribution is -0.133. The topological polar surface area (TPSA) is 77.0 Å². The summed E-state index contributed by atoms with van der Waals surface area (Å²) in [6, 6.07) is 0.405. The van der Waals surface area contributed by atoms with E-state index in [0.717, 1.165) is 38.1 Å². The summed E-state index contributed by atoms with van der Waals surface area (Å²) in [5.74, 6) is 7.60. The Labute approximate surface area is 142 Å². The van der Waals surface area contributed by atoms with Gasteiger partial charge in [-0.15, -0.1) is 10.2 Å². The van der Waals surface area contributed by atoms with Gasteiger partial charge in [0.15, 0.2) is 5.82 Å². The molecule has 1 aromatic heterocycles. The highest BCUT2D eigenvalue weighted by atomic mass is 32.2. The fraction of sp³-hybridized carbons (Fsp3) is 0.812. The van der Waals surface area contributed by atoms with Crippen molar-refractivity contribution in [1.29, 1.82) is 0 Å². The van der Waals surface area contributed by atoms with E-state index in [-0.39, 0.29) is 11.2 Å². The number of amides is 1. The van der Waals surface area contributed by atoms with Crippen molar-refractivity contribution in [2.45, 2.75) is 81.2 Å². The number of carbonyl (C=O) groups excluding carboxylic acids is 1. The summed E-state index contributed by atoms with van der Waals surface area (Å²) >= 11 is 1.43. The first-order valence-corrected chi connectivity index (χ1v) is 9.67. The molecule has 2 N–H and O–H groups in total. The molecule has 2 fully saturated rings. The predicted molar refractivity (Wildman–Crippen MR) is 91.7 cm³/mol. The number of hydrogen-bond donors (Lipinski definition) is 1. The van der Waals surface area contributed by atoms with E-state index in [9.17, 15) is 4.79 Å². The molecule has 1 amide bonds. The number of nitrogens with zero attached hydrogens (tertiary/aromatic N) is 4. The molecule has 0 bridgehead atoms. The normalized spacial score (nSPS) is 20.4. The zero-order chi connectivity index (χ0) is 16.4. The summed E-state index contributed by atoms with van der Waals surface area (Å²) in [7, 11) is 0. The lowest BCUT2D eigenvalue weighted by Gasteiger charge is -2.35. The van der Waals surface area contributed by atoms with Crippen molar-refractivity contribution in [3.05, 3.63) is 5.82 Å². The van der Waals surface area contributed by atoms with E-state index in [0.29, 0.717) is 17.1 Å². The van der Waals surface area contributed by atoms with Crippen LogP contribution in [0.1, 0.15) is 70.5 Å². The summed E-state index contributed by atoms with van der Waals surface area (Å²) in [6.45, 7) is 4.79. The molecule has 1 atom stereocenters. The summed E-state index contributed by atoms with van der Waals surface area (Å²) in [4.78, 5) is 14.9. The monoisotopic (exact) mass is 337 g/mol. The van der Waals surface area contributed by atoms with Gasteiger partial charge in [0.05, 0.1) is 5.25 Å². The highest BCUT2D eigenvalue weighted by Gasteiger charge is 2.32. The Kier molecular flexibility index (Phi) is 5.14. The van der Waals surface area contributed by atoms with Crippen LogP contribution in [0.2, 0.25) is 0 Å². The third-order valence-corrected chi connectivity index (χ3v) is 5.95. The first-order chi connectivity index (χ1) is 11.1. The van der Waals surface area contributed by atoms with E-state index in [2.05, 4.69) is 22.0 Å². The SMILES string of the molecule is CCN(C(=O)[C@@H](C)Sc1nnc(C2CC2)n1N)C1CCCCC1. The second-order valence-electron chi connectivity index (χ2n) is 6.66. The van der Waals surface area contributed by atoms with Gasteiger partial charge in [-0.2, -0.15) is 0 Å². The molecule has 6 nitrogen and oxygen atoms in total. The van der Waals surface area contributed by atoms with E-state index in [4.69, 9.17) is 5.84 Å². The van der Waals surface area contributed by atoms with E-state index in [1.165, 1.54) is 31.0 Å². The minimum Gasteiger partial charge on any atom is -0.339 e. The van der Waals surface area contributed by atoms with E-state index >= 15 is 0 Å². The number of hydrogen-bond acceptors (Lipinski definition) is 5. The van der Waals surface area contributed by atoms with Gasteiger partial charge < -0.3 is 10.7 Å². The maximum absolute atomic E-state index is 12.8. The van der Waals surface area contributed by atoms with E-state index in [1.807, 2.05) is 6.92 Å². The Morgan fingerprint density at radius 3 is 2.61 bits per heavy atom. The van der Waals surface area contributed by atoms with Gasteiger partial charge in [-0.1, -0.05) is 31.0 Å². The maximum atomic E-state index is 12.8. The molecule has 2 aliphatic carbocycles. The van der Waals surface area contributed by atoms with Gasteiger partial charge in [0, 0.05) is 18.5 Å². The molecule has 1 aromatic rings. The Morgan fingerprint density at radius 1 is 1.30 bits per heavy atom. The van der Waals surface area contributed by atoms with Crippen molar-refractivity contribution in [2.75, 3.05) is 12.4 Å². The summed E-state index contributed by atoms with van der Waals surface area (Å²) in [5, 5.41) is 8.83. The average molecular weight is 337 g/mol. The van der Waals surface area contributed by atoms with Gasteiger partial charge in [0.1, 0.15) is 0 Å². The van der Waals surface area contributed by atoms with Crippen LogP contribution in [0.4, 0.5) is 0 Å². The molecule has 0 radical (unpaired) electrons. The number of carbonyl (C=O) groups is 1. The molecule has 0 unspecified atom stereocenters. The van der Waals surface area contributed by atoms with Crippen LogP contribution in [-0.2, 0) is 4.79 Å². The fourth-order valence-electron chi connectivity index (χ4n) is 3.42. The van der Waals surface area contributed by atoms with Gasteiger partial charge in [-0.05, 0) is 39.5 Å². The third-order valence-electron chi connectivity index (χ3n) is 4.90. The van der Waals surface area contributed by atoms with Crippen molar-refractivity contribution in [1.82, 2.24) is 19.8 Å². The van der Waals surface area contributed by atoms with Crippen LogP contribution in [0.5, 0.6) is 0 Å². The number of rotatable bonds is 6. The molecule has 23 heavy (non-hydrogen) atoms. The second kappa shape index (κ2) is 7.11.